The average molecular weight is 466 g/mol. The lowest BCUT2D eigenvalue weighted by molar-refractivity contribution is 0.262. The van der Waals surface area contributed by atoms with E-state index in [2.05, 4.69) is 27.2 Å². The van der Waals surface area contributed by atoms with Crippen LogP contribution < -0.4 is 5.73 Å². The summed E-state index contributed by atoms with van der Waals surface area (Å²) in [5.41, 5.74) is 12.8. The fraction of sp³-hybridized carbons (Fsp3) is 0.391. The third-order valence-corrected chi connectivity index (χ3v) is 7.70. The number of piperidine rings is 1. The molecule has 4 heterocycles. The number of fused-ring (bicyclic) bond motifs is 1. The van der Waals surface area contributed by atoms with Crippen molar-refractivity contribution in [1.29, 1.82) is 0 Å². The molecule has 1 aliphatic heterocycles. The third-order valence-electron chi connectivity index (χ3n) is 6.40. The van der Waals surface area contributed by atoms with Gasteiger partial charge in [0, 0.05) is 59.9 Å². The molecule has 9 nitrogen and oxygen atoms in total. The average Bonchev–Trinajstić information content (AvgIpc) is 3.45. The number of nitrogens with zero attached hydrogens (tertiary/aromatic N) is 6. The summed E-state index contributed by atoms with van der Waals surface area (Å²) in [4.78, 5) is 13.4. The van der Waals surface area contributed by atoms with Gasteiger partial charge in [-0.2, -0.15) is 5.10 Å². The van der Waals surface area contributed by atoms with E-state index in [4.69, 9.17) is 10.7 Å². The van der Waals surface area contributed by atoms with Crippen LogP contribution in [0.25, 0.3) is 16.7 Å². The summed E-state index contributed by atoms with van der Waals surface area (Å²) in [5.74, 6) is 0.283. The monoisotopic (exact) mass is 465 g/mol. The number of sulfonamides is 1. The Morgan fingerprint density at radius 1 is 1.12 bits per heavy atom. The third kappa shape index (κ3) is 4.28. The van der Waals surface area contributed by atoms with Gasteiger partial charge in [-0.3, -0.25) is 9.67 Å². The number of nitrogens with two attached hydrogens (primary N) is 1. The Bertz CT molecular complexity index is 1340. The smallest absolute Gasteiger partial charge is 0.220 e. The molecule has 0 saturated carbocycles. The lowest BCUT2D eigenvalue weighted by Crippen LogP contribution is -2.38. The summed E-state index contributed by atoms with van der Waals surface area (Å²) in [7, 11) is -3.14. The van der Waals surface area contributed by atoms with E-state index in [1.807, 2.05) is 36.3 Å². The van der Waals surface area contributed by atoms with E-state index in [9.17, 15) is 8.42 Å². The maximum atomic E-state index is 11.8. The second kappa shape index (κ2) is 8.35. The quantitative estimate of drug-likeness (QED) is 0.614. The molecule has 0 atom stereocenters. The normalized spacial score (nSPS) is 17.2. The van der Waals surface area contributed by atoms with Crippen LogP contribution in [0, 0.1) is 0 Å². The number of pyridine rings is 1. The molecule has 172 valence electrons. The zero-order valence-corrected chi connectivity index (χ0v) is 19.6. The molecule has 3 aromatic heterocycles. The molecule has 10 heteroatoms. The van der Waals surface area contributed by atoms with Gasteiger partial charge in [-0.05, 0) is 31.4 Å². The summed E-state index contributed by atoms with van der Waals surface area (Å²) in [6, 6.07) is 4.31. The Labute approximate surface area is 193 Å². The summed E-state index contributed by atoms with van der Waals surface area (Å²) in [6.07, 6.45) is 12.2. The highest BCUT2D eigenvalue weighted by molar-refractivity contribution is 7.88. The van der Waals surface area contributed by atoms with E-state index in [0.29, 0.717) is 13.1 Å². The molecule has 33 heavy (non-hydrogen) atoms. The molecule has 1 aliphatic carbocycles. The highest BCUT2D eigenvalue weighted by Gasteiger charge is 2.26. The Hall–Kier alpha value is -3.11. The molecule has 1 fully saturated rings. The SMILES string of the molecule is CCc1cc(C2=CCc3ncc(-c4cnn(C5CCN(S(C)(=O)=O)CC5)c4)cc32)nc(N)n1. The minimum atomic E-state index is -3.14. The van der Waals surface area contributed by atoms with E-state index in [1.165, 1.54) is 10.6 Å². The molecular weight excluding hydrogens is 438 g/mol. The summed E-state index contributed by atoms with van der Waals surface area (Å²) >= 11 is 0. The first-order chi connectivity index (χ1) is 15.8. The number of hydrogen-bond donors (Lipinski definition) is 1. The van der Waals surface area contributed by atoms with Crippen molar-refractivity contribution < 1.29 is 8.42 Å². The number of allylic oxidation sites excluding steroid dienone is 1. The van der Waals surface area contributed by atoms with Crippen LogP contribution in [0.1, 0.15) is 48.5 Å². The van der Waals surface area contributed by atoms with Crippen molar-refractivity contribution in [3.63, 3.8) is 0 Å². The molecule has 3 aromatic rings. The Kier molecular flexibility index (Phi) is 5.49. The van der Waals surface area contributed by atoms with Gasteiger partial charge in [0.1, 0.15) is 0 Å². The van der Waals surface area contributed by atoms with Gasteiger partial charge in [-0.15, -0.1) is 0 Å². The van der Waals surface area contributed by atoms with Gasteiger partial charge in [0.25, 0.3) is 0 Å². The van der Waals surface area contributed by atoms with E-state index < -0.39 is 10.0 Å². The molecule has 0 spiro atoms. The zero-order valence-electron chi connectivity index (χ0n) is 18.8. The molecule has 2 N–H and O–H groups in total. The van der Waals surface area contributed by atoms with Gasteiger partial charge in [0.05, 0.1) is 29.9 Å². The van der Waals surface area contributed by atoms with Crippen LogP contribution in [0.4, 0.5) is 5.95 Å². The van der Waals surface area contributed by atoms with E-state index in [-0.39, 0.29) is 12.0 Å². The van der Waals surface area contributed by atoms with Gasteiger partial charge in [0.2, 0.25) is 16.0 Å². The van der Waals surface area contributed by atoms with Crippen LogP contribution in [0.3, 0.4) is 0 Å². The van der Waals surface area contributed by atoms with E-state index in [0.717, 1.165) is 65.0 Å². The van der Waals surface area contributed by atoms with Gasteiger partial charge < -0.3 is 5.73 Å². The number of aromatic nitrogens is 5. The van der Waals surface area contributed by atoms with Crippen LogP contribution in [-0.4, -0.2) is 56.8 Å². The van der Waals surface area contributed by atoms with E-state index >= 15 is 0 Å². The molecule has 5 rings (SSSR count). The lowest BCUT2D eigenvalue weighted by atomic mass is 10.0. The van der Waals surface area contributed by atoms with Crippen molar-refractivity contribution in [3.05, 3.63) is 59.4 Å². The molecular formula is C23H27N7O2S. The maximum Gasteiger partial charge on any atom is 0.220 e. The molecule has 0 bridgehead atoms. The largest absolute Gasteiger partial charge is 0.368 e. The predicted octanol–water partition coefficient (Wildman–Crippen LogP) is 2.46. The van der Waals surface area contributed by atoms with Crippen molar-refractivity contribution in [3.8, 4) is 11.1 Å². The first-order valence-electron chi connectivity index (χ1n) is 11.1. The van der Waals surface area contributed by atoms with Crippen molar-refractivity contribution in [2.75, 3.05) is 25.1 Å². The van der Waals surface area contributed by atoms with Gasteiger partial charge in [0.15, 0.2) is 0 Å². The number of nitrogen functional groups attached to an aromatic ring is 1. The van der Waals surface area contributed by atoms with Crippen LogP contribution in [0.15, 0.2) is 36.8 Å². The van der Waals surface area contributed by atoms with Crippen molar-refractivity contribution in [2.45, 2.75) is 38.6 Å². The summed E-state index contributed by atoms with van der Waals surface area (Å²) in [6.45, 7) is 3.09. The minimum absolute atomic E-state index is 0.186. The molecule has 0 aromatic carbocycles. The van der Waals surface area contributed by atoms with E-state index in [1.54, 1.807) is 0 Å². The lowest BCUT2D eigenvalue weighted by Gasteiger charge is -2.30. The zero-order chi connectivity index (χ0) is 23.2. The highest BCUT2D eigenvalue weighted by Crippen LogP contribution is 2.34. The summed E-state index contributed by atoms with van der Waals surface area (Å²) in [5, 5.41) is 4.58. The van der Waals surface area contributed by atoms with Gasteiger partial charge >= 0.3 is 0 Å². The van der Waals surface area contributed by atoms with Crippen LogP contribution in [0.2, 0.25) is 0 Å². The molecule has 0 radical (unpaired) electrons. The summed E-state index contributed by atoms with van der Waals surface area (Å²) < 4.78 is 27.0. The highest BCUT2D eigenvalue weighted by atomic mass is 32.2. The minimum Gasteiger partial charge on any atom is -0.368 e. The predicted molar refractivity (Wildman–Crippen MR) is 127 cm³/mol. The topological polar surface area (TPSA) is 120 Å². The fourth-order valence-electron chi connectivity index (χ4n) is 4.56. The fourth-order valence-corrected chi connectivity index (χ4v) is 5.43. The van der Waals surface area contributed by atoms with Crippen molar-refractivity contribution >= 4 is 21.5 Å². The number of rotatable bonds is 5. The first kappa shape index (κ1) is 21.7. The second-order valence-corrected chi connectivity index (χ2v) is 10.6. The number of aryl methyl sites for hydroxylation is 1. The molecule has 2 aliphatic rings. The Morgan fingerprint density at radius 3 is 2.64 bits per heavy atom. The Balaban J connectivity index is 1.39. The first-order valence-corrected chi connectivity index (χ1v) is 13.0. The second-order valence-electron chi connectivity index (χ2n) is 8.60. The van der Waals surface area contributed by atoms with Gasteiger partial charge in [-0.25, -0.2) is 22.7 Å². The van der Waals surface area contributed by atoms with Crippen LogP contribution >= 0.6 is 0 Å². The maximum absolute atomic E-state index is 11.8. The molecule has 1 saturated heterocycles. The Morgan fingerprint density at radius 2 is 1.91 bits per heavy atom. The standard InChI is InChI=1S/C23H27N7O2S/c1-3-17-11-22(28-23(24)27-17)19-4-5-21-20(19)10-15(12-25-21)16-13-26-30(14-16)18-6-8-29(9-7-18)33(2,31)32/h4,10-14,18H,3,5-9H2,1-2H3,(H2,24,27,28). The number of anilines is 1. The van der Waals surface area contributed by atoms with Crippen molar-refractivity contribution in [2.24, 2.45) is 0 Å². The number of hydrogen-bond acceptors (Lipinski definition) is 7. The molecule has 0 amide bonds. The molecule has 0 unspecified atom stereocenters. The van der Waals surface area contributed by atoms with Crippen LogP contribution in [-0.2, 0) is 22.9 Å². The van der Waals surface area contributed by atoms with Gasteiger partial charge in [-0.1, -0.05) is 13.0 Å². The van der Waals surface area contributed by atoms with Crippen molar-refractivity contribution in [1.82, 2.24) is 29.0 Å². The van der Waals surface area contributed by atoms with Crippen LogP contribution in [0.5, 0.6) is 0 Å².